The fourth-order valence-corrected chi connectivity index (χ4v) is 3.18. The van der Waals surface area contributed by atoms with Crippen LogP contribution in [0.15, 0.2) is 0 Å². The first-order valence-corrected chi connectivity index (χ1v) is 6.75. The Kier molecular flexibility index (Phi) is 5.22. The number of likely N-dealkylation sites (tertiary alicyclic amines) is 1. The maximum absolute atomic E-state index is 5.78. The molecule has 96 valence electrons. The molecule has 0 aromatic heterocycles. The van der Waals surface area contributed by atoms with Gasteiger partial charge in [0.2, 0.25) is 0 Å². The minimum Gasteiger partial charge on any atom is -0.297 e. The van der Waals surface area contributed by atoms with Gasteiger partial charge < -0.3 is 0 Å². The zero-order valence-corrected chi connectivity index (χ0v) is 11.4. The molecule has 3 nitrogen and oxygen atoms in total. The van der Waals surface area contributed by atoms with Crippen LogP contribution in [0.4, 0.5) is 0 Å². The van der Waals surface area contributed by atoms with Gasteiger partial charge in [-0.25, -0.2) is 0 Å². The second kappa shape index (κ2) is 5.99. The Labute approximate surface area is 101 Å². The first-order chi connectivity index (χ1) is 7.54. The van der Waals surface area contributed by atoms with Gasteiger partial charge >= 0.3 is 0 Å². The predicted molar refractivity (Wildman–Crippen MR) is 70.1 cm³/mol. The van der Waals surface area contributed by atoms with Crippen LogP contribution in [0.5, 0.6) is 0 Å². The zero-order chi connectivity index (χ0) is 12.2. The van der Waals surface area contributed by atoms with Crippen LogP contribution in [0.3, 0.4) is 0 Å². The van der Waals surface area contributed by atoms with Gasteiger partial charge in [-0.2, -0.15) is 0 Å². The zero-order valence-electron chi connectivity index (χ0n) is 11.4. The predicted octanol–water partition coefficient (Wildman–Crippen LogP) is 2.13. The van der Waals surface area contributed by atoms with Gasteiger partial charge in [-0.3, -0.25) is 16.2 Å². The summed E-state index contributed by atoms with van der Waals surface area (Å²) in [7, 11) is 0. The van der Waals surface area contributed by atoms with Gasteiger partial charge in [0.05, 0.1) is 0 Å². The minimum atomic E-state index is 0.167. The summed E-state index contributed by atoms with van der Waals surface area (Å²) in [5, 5.41) is 0. The van der Waals surface area contributed by atoms with Gasteiger partial charge in [-0.15, -0.1) is 0 Å². The SMILES string of the molecule is CCCC(C)C(NN)C(C)(C)N1CCCC1. The lowest BCUT2D eigenvalue weighted by Crippen LogP contribution is -2.61. The van der Waals surface area contributed by atoms with E-state index < -0.39 is 0 Å². The summed E-state index contributed by atoms with van der Waals surface area (Å²) < 4.78 is 0. The molecule has 0 aliphatic carbocycles. The number of nitrogens with two attached hydrogens (primary N) is 1. The van der Waals surface area contributed by atoms with Crippen molar-refractivity contribution in [1.82, 2.24) is 10.3 Å². The van der Waals surface area contributed by atoms with Crippen molar-refractivity contribution < 1.29 is 0 Å². The number of hydrogen-bond donors (Lipinski definition) is 2. The summed E-state index contributed by atoms with van der Waals surface area (Å²) >= 11 is 0. The number of hydrogen-bond acceptors (Lipinski definition) is 3. The van der Waals surface area contributed by atoms with Crippen LogP contribution in [-0.4, -0.2) is 29.6 Å². The van der Waals surface area contributed by atoms with Gasteiger partial charge in [0.25, 0.3) is 0 Å². The van der Waals surface area contributed by atoms with Gasteiger partial charge in [-0.05, 0) is 52.1 Å². The van der Waals surface area contributed by atoms with E-state index >= 15 is 0 Å². The highest BCUT2D eigenvalue weighted by Gasteiger charge is 2.38. The Morgan fingerprint density at radius 1 is 1.31 bits per heavy atom. The molecule has 3 heteroatoms. The molecule has 2 atom stereocenters. The van der Waals surface area contributed by atoms with Crippen LogP contribution in [-0.2, 0) is 0 Å². The molecule has 1 saturated heterocycles. The largest absolute Gasteiger partial charge is 0.297 e. The molecule has 16 heavy (non-hydrogen) atoms. The molecule has 0 aromatic rings. The molecule has 0 bridgehead atoms. The quantitative estimate of drug-likeness (QED) is 0.539. The van der Waals surface area contributed by atoms with Crippen molar-refractivity contribution in [2.24, 2.45) is 11.8 Å². The lowest BCUT2D eigenvalue weighted by Gasteiger charge is -2.44. The van der Waals surface area contributed by atoms with Crippen LogP contribution in [0.2, 0.25) is 0 Å². The molecule has 0 radical (unpaired) electrons. The average molecular weight is 227 g/mol. The Balaban J connectivity index is 2.68. The molecule has 1 heterocycles. The lowest BCUT2D eigenvalue weighted by atomic mass is 9.82. The van der Waals surface area contributed by atoms with Gasteiger partial charge in [0.15, 0.2) is 0 Å². The van der Waals surface area contributed by atoms with Crippen LogP contribution in [0, 0.1) is 5.92 Å². The van der Waals surface area contributed by atoms with E-state index in [1.807, 2.05) is 0 Å². The fourth-order valence-electron chi connectivity index (χ4n) is 3.18. The standard InChI is InChI=1S/C13H29N3/c1-5-8-11(2)12(15-14)13(3,4)16-9-6-7-10-16/h11-12,15H,5-10,14H2,1-4H3. The monoisotopic (exact) mass is 227 g/mol. The topological polar surface area (TPSA) is 41.3 Å². The van der Waals surface area contributed by atoms with Crippen molar-refractivity contribution in [3.8, 4) is 0 Å². The second-order valence-electron chi connectivity index (χ2n) is 5.76. The molecule has 1 aliphatic heterocycles. The molecule has 1 rings (SSSR count). The van der Waals surface area contributed by atoms with E-state index in [1.54, 1.807) is 0 Å². The second-order valence-corrected chi connectivity index (χ2v) is 5.76. The smallest absolute Gasteiger partial charge is 0.0414 e. The molecule has 2 unspecified atom stereocenters. The first kappa shape index (κ1) is 13.9. The minimum absolute atomic E-state index is 0.167. The fraction of sp³-hybridized carbons (Fsp3) is 1.00. The molecular formula is C13H29N3. The average Bonchev–Trinajstić information content (AvgIpc) is 2.71. The van der Waals surface area contributed by atoms with Gasteiger partial charge in [0.1, 0.15) is 0 Å². The molecule has 3 N–H and O–H groups in total. The highest BCUT2D eigenvalue weighted by Crippen LogP contribution is 2.29. The Morgan fingerprint density at radius 2 is 1.88 bits per heavy atom. The van der Waals surface area contributed by atoms with Crippen molar-refractivity contribution in [3.63, 3.8) is 0 Å². The van der Waals surface area contributed by atoms with Crippen molar-refractivity contribution in [3.05, 3.63) is 0 Å². The Bertz CT molecular complexity index is 197. The summed E-state index contributed by atoms with van der Waals surface area (Å²) in [6.07, 6.45) is 5.15. The highest BCUT2D eigenvalue weighted by molar-refractivity contribution is 4.96. The van der Waals surface area contributed by atoms with E-state index in [2.05, 4.69) is 38.0 Å². The third-order valence-electron chi connectivity index (χ3n) is 4.17. The summed E-state index contributed by atoms with van der Waals surface area (Å²) in [6, 6.07) is 0.380. The lowest BCUT2D eigenvalue weighted by molar-refractivity contribution is 0.0787. The van der Waals surface area contributed by atoms with E-state index in [0.717, 1.165) is 0 Å². The van der Waals surface area contributed by atoms with Crippen molar-refractivity contribution >= 4 is 0 Å². The number of hydrazine groups is 1. The summed E-state index contributed by atoms with van der Waals surface area (Å²) in [5.41, 5.74) is 3.23. The van der Waals surface area contributed by atoms with Crippen molar-refractivity contribution in [2.45, 2.75) is 65.0 Å². The maximum Gasteiger partial charge on any atom is 0.0414 e. The van der Waals surface area contributed by atoms with Crippen molar-refractivity contribution in [1.29, 1.82) is 0 Å². The van der Waals surface area contributed by atoms with Crippen LogP contribution in [0.25, 0.3) is 0 Å². The summed E-state index contributed by atoms with van der Waals surface area (Å²) in [5.74, 6) is 6.41. The van der Waals surface area contributed by atoms with Gasteiger partial charge in [0, 0.05) is 11.6 Å². The third kappa shape index (κ3) is 2.96. The maximum atomic E-state index is 5.78. The Hall–Kier alpha value is -0.120. The van der Waals surface area contributed by atoms with E-state index in [0.29, 0.717) is 12.0 Å². The Morgan fingerprint density at radius 3 is 2.31 bits per heavy atom. The van der Waals surface area contributed by atoms with E-state index in [-0.39, 0.29) is 5.54 Å². The van der Waals surface area contributed by atoms with Crippen LogP contribution < -0.4 is 11.3 Å². The number of rotatable bonds is 6. The number of nitrogens with zero attached hydrogens (tertiary/aromatic N) is 1. The van der Waals surface area contributed by atoms with Crippen LogP contribution >= 0.6 is 0 Å². The summed E-state index contributed by atoms with van der Waals surface area (Å²) in [6.45, 7) is 11.7. The first-order valence-electron chi connectivity index (χ1n) is 6.75. The molecule has 0 amide bonds. The third-order valence-corrected chi connectivity index (χ3v) is 4.17. The molecule has 0 aromatic carbocycles. The molecule has 1 aliphatic rings. The molecular weight excluding hydrogens is 198 g/mol. The molecule has 0 saturated carbocycles. The highest BCUT2D eigenvalue weighted by atomic mass is 15.3. The van der Waals surface area contributed by atoms with Crippen molar-refractivity contribution in [2.75, 3.05) is 13.1 Å². The normalized spacial score (nSPS) is 22.3. The van der Waals surface area contributed by atoms with E-state index in [9.17, 15) is 0 Å². The van der Waals surface area contributed by atoms with Gasteiger partial charge in [-0.1, -0.05) is 20.3 Å². The summed E-state index contributed by atoms with van der Waals surface area (Å²) in [4.78, 5) is 2.59. The number of nitrogens with one attached hydrogen (secondary N) is 1. The molecule has 1 fully saturated rings. The van der Waals surface area contributed by atoms with Crippen LogP contribution in [0.1, 0.15) is 53.4 Å². The van der Waals surface area contributed by atoms with E-state index in [4.69, 9.17) is 5.84 Å². The molecule has 0 spiro atoms. The van der Waals surface area contributed by atoms with E-state index in [1.165, 1.54) is 38.8 Å².